The lowest BCUT2D eigenvalue weighted by molar-refractivity contribution is 0.0427. The smallest absolute Gasteiger partial charge is 0.264 e. The zero-order chi connectivity index (χ0) is 19.4. The number of rotatable bonds is 6. The number of pyridine rings is 1. The van der Waals surface area contributed by atoms with Gasteiger partial charge in [-0.3, -0.25) is 9.55 Å². The van der Waals surface area contributed by atoms with E-state index in [0.717, 1.165) is 12.8 Å². The molecule has 0 aliphatic heterocycles. The average Bonchev–Trinajstić information content (AvgIpc) is 2.68. The monoisotopic (exact) mass is 387 g/mol. The number of aliphatic hydroxyl groups is 1. The minimum absolute atomic E-state index is 0.119. The van der Waals surface area contributed by atoms with Crippen LogP contribution in [0.1, 0.15) is 51.4 Å². The van der Waals surface area contributed by atoms with E-state index in [1.165, 1.54) is 6.42 Å². The third-order valence-corrected chi connectivity index (χ3v) is 8.22. The van der Waals surface area contributed by atoms with Gasteiger partial charge < -0.3 is 9.63 Å². The Labute approximate surface area is 162 Å². The van der Waals surface area contributed by atoms with Gasteiger partial charge in [0.2, 0.25) is 0 Å². The van der Waals surface area contributed by atoms with Crippen LogP contribution in [0, 0.1) is 17.8 Å². The second kappa shape index (κ2) is 8.68. The van der Waals surface area contributed by atoms with Gasteiger partial charge in [-0.25, -0.2) is 0 Å². The molecule has 1 aliphatic carbocycles. The van der Waals surface area contributed by atoms with Crippen LogP contribution in [0.2, 0.25) is 0 Å². The highest BCUT2D eigenvalue weighted by atomic mass is 31.2. The van der Waals surface area contributed by atoms with Crippen LogP contribution in [0.3, 0.4) is 0 Å². The van der Waals surface area contributed by atoms with Gasteiger partial charge in [-0.15, -0.1) is 0 Å². The Hall–Kier alpha value is -1.48. The first-order valence-electron chi connectivity index (χ1n) is 9.83. The van der Waals surface area contributed by atoms with Crippen molar-refractivity contribution in [1.82, 2.24) is 4.98 Å². The Morgan fingerprint density at radius 2 is 1.89 bits per heavy atom. The third-order valence-electron chi connectivity index (χ3n) is 5.67. The van der Waals surface area contributed by atoms with Gasteiger partial charge in [0, 0.05) is 23.3 Å². The quantitative estimate of drug-likeness (QED) is 0.696. The maximum Gasteiger partial charge on any atom is 0.264 e. The van der Waals surface area contributed by atoms with Crippen LogP contribution in [0.4, 0.5) is 0 Å². The van der Waals surface area contributed by atoms with Crippen LogP contribution in [-0.4, -0.2) is 16.2 Å². The van der Waals surface area contributed by atoms with E-state index >= 15 is 0 Å². The Kier molecular flexibility index (Phi) is 6.52. The maximum atomic E-state index is 14.2. The van der Waals surface area contributed by atoms with Crippen LogP contribution in [0.5, 0.6) is 0 Å². The molecule has 0 spiro atoms. The number of benzene rings is 1. The first-order chi connectivity index (χ1) is 12.9. The van der Waals surface area contributed by atoms with Gasteiger partial charge in [0.25, 0.3) is 7.37 Å². The summed E-state index contributed by atoms with van der Waals surface area (Å²) in [5, 5.41) is 11.6. The van der Waals surface area contributed by atoms with Gasteiger partial charge in [-0.2, -0.15) is 0 Å². The number of aromatic nitrogens is 1. The molecule has 1 aromatic carbocycles. The molecule has 4 nitrogen and oxygen atoms in total. The van der Waals surface area contributed by atoms with Crippen molar-refractivity contribution in [2.24, 2.45) is 17.8 Å². The van der Waals surface area contributed by atoms with Crippen LogP contribution >= 0.6 is 7.37 Å². The molecule has 0 bridgehead atoms. The van der Waals surface area contributed by atoms with E-state index < -0.39 is 13.2 Å². The highest BCUT2D eigenvalue weighted by Crippen LogP contribution is 2.60. The summed E-state index contributed by atoms with van der Waals surface area (Å²) >= 11 is 0. The van der Waals surface area contributed by atoms with Gasteiger partial charge in [0.1, 0.15) is 0 Å². The van der Waals surface area contributed by atoms with E-state index in [9.17, 15) is 9.67 Å². The summed E-state index contributed by atoms with van der Waals surface area (Å²) in [6.07, 6.45) is 6.20. The van der Waals surface area contributed by atoms with Crippen molar-refractivity contribution in [1.29, 1.82) is 0 Å². The van der Waals surface area contributed by atoms with E-state index in [4.69, 9.17) is 4.52 Å². The van der Waals surface area contributed by atoms with Gasteiger partial charge in [-0.05, 0) is 48.8 Å². The summed E-state index contributed by atoms with van der Waals surface area (Å²) in [5.41, 5.74) is 0.523. The van der Waals surface area contributed by atoms with Gasteiger partial charge >= 0.3 is 0 Å². The average molecular weight is 387 g/mol. The SMILES string of the molecule is CC(C)[C@@H]1CC[C@@H](C)C[C@H]1O[P@@](=O)(c1ccccc1)[C@H](O)c1cccnc1. The van der Waals surface area contributed by atoms with Crippen molar-refractivity contribution in [2.75, 3.05) is 0 Å². The highest BCUT2D eigenvalue weighted by Gasteiger charge is 2.42. The molecule has 0 unspecified atom stereocenters. The molecule has 1 aromatic heterocycles. The maximum absolute atomic E-state index is 14.2. The number of aliphatic hydroxyl groups excluding tert-OH is 1. The summed E-state index contributed by atoms with van der Waals surface area (Å²) < 4.78 is 20.6. The summed E-state index contributed by atoms with van der Waals surface area (Å²) in [6, 6.07) is 12.6. The first kappa shape index (κ1) is 20.3. The zero-order valence-electron chi connectivity index (χ0n) is 16.4. The molecule has 1 heterocycles. The fraction of sp³-hybridized carbons (Fsp3) is 0.500. The second-order valence-electron chi connectivity index (χ2n) is 8.06. The Balaban J connectivity index is 1.98. The van der Waals surface area contributed by atoms with Crippen molar-refractivity contribution in [3.63, 3.8) is 0 Å². The zero-order valence-corrected chi connectivity index (χ0v) is 17.3. The number of hydrogen-bond donors (Lipinski definition) is 1. The Morgan fingerprint density at radius 3 is 2.52 bits per heavy atom. The van der Waals surface area contributed by atoms with Gasteiger partial charge in [0.05, 0.1) is 6.10 Å². The van der Waals surface area contributed by atoms with E-state index in [1.54, 1.807) is 36.7 Å². The normalized spacial score (nSPS) is 26.5. The molecular weight excluding hydrogens is 357 g/mol. The molecule has 146 valence electrons. The molecule has 27 heavy (non-hydrogen) atoms. The molecule has 1 saturated carbocycles. The van der Waals surface area contributed by atoms with E-state index in [1.807, 2.05) is 18.2 Å². The lowest BCUT2D eigenvalue weighted by atomic mass is 9.75. The summed E-state index contributed by atoms with van der Waals surface area (Å²) in [7, 11) is -3.54. The van der Waals surface area contributed by atoms with Crippen molar-refractivity contribution in [3.8, 4) is 0 Å². The molecule has 0 saturated heterocycles. The largest absolute Gasteiger partial charge is 0.378 e. The molecule has 1 fully saturated rings. The van der Waals surface area contributed by atoms with Crippen LogP contribution in [0.15, 0.2) is 54.9 Å². The number of hydrogen-bond acceptors (Lipinski definition) is 4. The molecule has 0 amide bonds. The number of nitrogens with zero attached hydrogens (tertiary/aromatic N) is 1. The molecule has 3 rings (SSSR count). The van der Waals surface area contributed by atoms with E-state index in [0.29, 0.717) is 28.6 Å². The predicted molar refractivity (Wildman–Crippen MR) is 109 cm³/mol. The van der Waals surface area contributed by atoms with Crippen LogP contribution in [-0.2, 0) is 9.09 Å². The Morgan fingerprint density at radius 1 is 1.15 bits per heavy atom. The molecule has 5 atom stereocenters. The highest BCUT2D eigenvalue weighted by molar-refractivity contribution is 7.67. The van der Waals surface area contributed by atoms with E-state index in [2.05, 4.69) is 25.8 Å². The fourth-order valence-electron chi connectivity index (χ4n) is 4.06. The van der Waals surface area contributed by atoms with Crippen LogP contribution < -0.4 is 5.30 Å². The van der Waals surface area contributed by atoms with Gasteiger partial charge in [0.15, 0.2) is 5.85 Å². The minimum atomic E-state index is -3.54. The Bertz CT molecular complexity index is 766. The van der Waals surface area contributed by atoms with Crippen molar-refractivity contribution in [2.45, 2.75) is 52.0 Å². The second-order valence-corrected chi connectivity index (χ2v) is 10.5. The van der Waals surface area contributed by atoms with Crippen LogP contribution in [0.25, 0.3) is 0 Å². The summed E-state index contributed by atoms with van der Waals surface area (Å²) in [4.78, 5) is 4.08. The molecule has 2 aromatic rings. The standard InChI is InChI=1S/C22H30NO3P/c1-16(2)20-12-11-17(3)14-21(20)26-27(25,19-9-5-4-6-10-19)22(24)18-8-7-13-23-15-18/h4-10,13,15-17,20-22,24H,11-12,14H2,1-3H3/t17-,20+,21-,22+,27+/m1/s1. The lowest BCUT2D eigenvalue weighted by Gasteiger charge is -2.39. The fourth-order valence-corrected chi connectivity index (χ4v) is 6.35. The molecular formula is C22H30NO3P. The minimum Gasteiger partial charge on any atom is -0.378 e. The third kappa shape index (κ3) is 4.51. The lowest BCUT2D eigenvalue weighted by Crippen LogP contribution is -2.35. The molecule has 1 N–H and O–H groups in total. The van der Waals surface area contributed by atoms with Crippen molar-refractivity contribution < 1.29 is 14.2 Å². The molecule has 1 aliphatic rings. The first-order valence-corrected chi connectivity index (χ1v) is 11.5. The topological polar surface area (TPSA) is 59.4 Å². The van der Waals surface area contributed by atoms with Gasteiger partial charge in [-0.1, -0.05) is 51.5 Å². The predicted octanol–water partition coefficient (Wildman–Crippen LogP) is 5.15. The van der Waals surface area contributed by atoms with Crippen molar-refractivity contribution in [3.05, 3.63) is 60.4 Å². The molecule has 0 radical (unpaired) electrons. The summed E-state index contributed by atoms with van der Waals surface area (Å²) in [6.45, 7) is 6.61. The van der Waals surface area contributed by atoms with E-state index in [-0.39, 0.29) is 6.10 Å². The van der Waals surface area contributed by atoms with Crippen molar-refractivity contribution >= 4 is 12.7 Å². The molecule has 5 heteroatoms. The summed E-state index contributed by atoms with van der Waals surface area (Å²) in [5.74, 6) is 0.102.